The van der Waals surface area contributed by atoms with E-state index in [-0.39, 0.29) is 6.42 Å². The minimum absolute atomic E-state index is 0.138. The van der Waals surface area contributed by atoms with Crippen LogP contribution in [0.2, 0.25) is 0 Å². The lowest BCUT2D eigenvalue weighted by Crippen LogP contribution is -2.50. The minimum atomic E-state index is -4.59. The molecule has 8 heteroatoms. The fourth-order valence-corrected chi connectivity index (χ4v) is 2.23. The molecule has 0 aromatic heterocycles. The van der Waals surface area contributed by atoms with Crippen molar-refractivity contribution in [2.24, 2.45) is 11.8 Å². The van der Waals surface area contributed by atoms with E-state index in [1.54, 1.807) is 6.92 Å². The molecule has 0 spiro atoms. The molecule has 5 unspecified atom stereocenters. The third-order valence-electron chi connectivity index (χ3n) is 2.98. The molecule has 0 aromatic rings. The Labute approximate surface area is 92.9 Å². The third kappa shape index (κ3) is 3.49. The molecule has 0 saturated heterocycles. The highest BCUT2D eigenvalue weighted by atomic mass is 31.2. The molecule has 1 saturated carbocycles. The zero-order valence-electron chi connectivity index (χ0n) is 8.80. The van der Waals surface area contributed by atoms with Crippen molar-refractivity contribution < 1.29 is 34.2 Å². The van der Waals surface area contributed by atoms with E-state index in [4.69, 9.17) is 9.79 Å². The number of aliphatic hydroxyl groups excluding tert-OH is 3. The maximum Gasteiger partial charge on any atom is 0.469 e. The van der Waals surface area contributed by atoms with Crippen molar-refractivity contribution in [2.75, 3.05) is 6.61 Å². The zero-order valence-corrected chi connectivity index (χ0v) is 9.70. The number of rotatable bonds is 3. The van der Waals surface area contributed by atoms with E-state index in [9.17, 15) is 19.9 Å². The Morgan fingerprint density at radius 2 is 1.81 bits per heavy atom. The molecule has 0 radical (unpaired) electrons. The Balaban J connectivity index is 2.57. The van der Waals surface area contributed by atoms with Crippen molar-refractivity contribution in [3.05, 3.63) is 0 Å². The van der Waals surface area contributed by atoms with Gasteiger partial charge in [0.1, 0.15) is 0 Å². The van der Waals surface area contributed by atoms with Crippen LogP contribution in [0.1, 0.15) is 13.3 Å². The fourth-order valence-electron chi connectivity index (χ4n) is 1.84. The number of phosphoric acid groups is 1. The molecule has 0 aromatic carbocycles. The summed E-state index contributed by atoms with van der Waals surface area (Å²) in [6.07, 6.45) is -2.94. The number of phosphoric ester groups is 1. The van der Waals surface area contributed by atoms with E-state index < -0.39 is 44.6 Å². The summed E-state index contributed by atoms with van der Waals surface area (Å²) in [4.78, 5) is 17.0. The van der Waals surface area contributed by atoms with Crippen LogP contribution in [0.15, 0.2) is 0 Å². The van der Waals surface area contributed by atoms with Crippen molar-refractivity contribution in [2.45, 2.75) is 31.7 Å². The molecule has 1 fully saturated rings. The first-order valence-electron chi connectivity index (χ1n) is 4.96. The van der Waals surface area contributed by atoms with Gasteiger partial charge in [0.15, 0.2) is 0 Å². The molecule has 0 amide bonds. The molecule has 5 N–H and O–H groups in total. The highest BCUT2D eigenvalue weighted by Crippen LogP contribution is 2.38. The largest absolute Gasteiger partial charge is 0.469 e. The first-order valence-corrected chi connectivity index (χ1v) is 6.49. The van der Waals surface area contributed by atoms with E-state index in [0.717, 1.165) is 0 Å². The Morgan fingerprint density at radius 1 is 1.25 bits per heavy atom. The van der Waals surface area contributed by atoms with E-state index in [0.29, 0.717) is 0 Å². The molecule has 1 aliphatic carbocycles. The van der Waals surface area contributed by atoms with Gasteiger partial charge in [-0.25, -0.2) is 4.57 Å². The molecule has 5 atom stereocenters. The zero-order chi connectivity index (χ0) is 12.5. The van der Waals surface area contributed by atoms with Crippen LogP contribution >= 0.6 is 7.82 Å². The number of hydrogen-bond acceptors (Lipinski definition) is 5. The van der Waals surface area contributed by atoms with Crippen molar-refractivity contribution in [1.29, 1.82) is 0 Å². The van der Waals surface area contributed by atoms with E-state index in [1.807, 2.05) is 0 Å². The molecule has 7 nitrogen and oxygen atoms in total. The molecule has 16 heavy (non-hydrogen) atoms. The molecule has 1 aliphatic rings. The summed E-state index contributed by atoms with van der Waals surface area (Å²) < 4.78 is 14.7. The molecule has 96 valence electrons. The fraction of sp³-hybridized carbons (Fsp3) is 1.00. The molecule has 1 rings (SSSR count). The van der Waals surface area contributed by atoms with Crippen LogP contribution in [0.25, 0.3) is 0 Å². The van der Waals surface area contributed by atoms with E-state index in [2.05, 4.69) is 4.52 Å². The third-order valence-corrected chi connectivity index (χ3v) is 3.46. The first kappa shape index (κ1) is 14.1. The number of aliphatic hydroxyl groups is 3. The minimum Gasteiger partial charge on any atom is -0.393 e. The Hall–Kier alpha value is -0.0100. The lowest BCUT2D eigenvalue weighted by atomic mass is 9.77. The second-order valence-electron chi connectivity index (χ2n) is 4.19. The molecule has 0 bridgehead atoms. The standard InChI is InChI=1S/C8H17O7P/c1-4-6(9)2-5(8(11)7(4)10)3-15-16(12,13)14/h4-11H,2-3H2,1H3,(H2,12,13,14). The van der Waals surface area contributed by atoms with Gasteiger partial charge in [0.25, 0.3) is 0 Å². The molecule has 0 aliphatic heterocycles. The normalized spacial score (nSPS) is 41.0. The average molecular weight is 256 g/mol. The molecular weight excluding hydrogens is 239 g/mol. The second-order valence-corrected chi connectivity index (χ2v) is 5.43. The van der Waals surface area contributed by atoms with Crippen LogP contribution in [0.5, 0.6) is 0 Å². The van der Waals surface area contributed by atoms with Gasteiger partial charge in [0, 0.05) is 11.8 Å². The molecular formula is C8H17O7P. The highest BCUT2D eigenvalue weighted by Gasteiger charge is 2.41. The smallest absolute Gasteiger partial charge is 0.393 e. The second kappa shape index (κ2) is 5.10. The maximum absolute atomic E-state index is 10.5. The first-order chi connectivity index (χ1) is 7.22. The topological polar surface area (TPSA) is 127 Å². The van der Waals surface area contributed by atoms with Crippen LogP contribution in [0.4, 0.5) is 0 Å². The van der Waals surface area contributed by atoms with Crippen LogP contribution < -0.4 is 0 Å². The van der Waals surface area contributed by atoms with Gasteiger partial charge in [0.05, 0.1) is 24.9 Å². The summed E-state index contributed by atoms with van der Waals surface area (Å²) in [6.45, 7) is 1.20. The predicted molar refractivity (Wildman–Crippen MR) is 53.3 cm³/mol. The molecule has 0 heterocycles. The summed E-state index contributed by atoms with van der Waals surface area (Å²) in [6, 6.07) is 0. The van der Waals surface area contributed by atoms with Crippen molar-refractivity contribution in [3.63, 3.8) is 0 Å². The SMILES string of the molecule is CC1C(O)CC(COP(=O)(O)O)C(O)C1O. The van der Waals surface area contributed by atoms with Crippen molar-refractivity contribution >= 4 is 7.82 Å². The predicted octanol–water partition coefficient (Wildman–Crippen LogP) is -1.17. The van der Waals surface area contributed by atoms with Gasteiger partial charge >= 0.3 is 7.82 Å². The van der Waals surface area contributed by atoms with Crippen LogP contribution in [-0.4, -0.2) is 50.0 Å². The van der Waals surface area contributed by atoms with Crippen LogP contribution in [-0.2, 0) is 9.09 Å². The highest BCUT2D eigenvalue weighted by molar-refractivity contribution is 7.46. The summed E-state index contributed by atoms with van der Waals surface area (Å²) >= 11 is 0. The van der Waals surface area contributed by atoms with E-state index in [1.165, 1.54) is 0 Å². The van der Waals surface area contributed by atoms with E-state index >= 15 is 0 Å². The summed E-state index contributed by atoms with van der Waals surface area (Å²) in [5.41, 5.74) is 0. The Kier molecular flexibility index (Phi) is 4.48. The Bertz CT molecular complexity index is 278. The van der Waals surface area contributed by atoms with Gasteiger partial charge in [-0.1, -0.05) is 6.92 Å². The Morgan fingerprint density at radius 3 is 2.31 bits per heavy atom. The summed E-state index contributed by atoms with van der Waals surface area (Å²) in [7, 11) is -4.59. The van der Waals surface area contributed by atoms with Crippen molar-refractivity contribution in [1.82, 2.24) is 0 Å². The van der Waals surface area contributed by atoms with Gasteiger partial charge in [-0.05, 0) is 6.42 Å². The lowest BCUT2D eigenvalue weighted by Gasteiger charge is -2.39. The summed E-state index contributed by atoms with van der Waals surface area (Å²) in [5, 5.41) is 28.7. The van der Waals surface area contributed by atoms with Gasteiger partial charge in [-0.2, -0.15) is 0 Å². The summed E-state index contributed by atoms with van der Waals surface area (Å²) in [5.74, 6) is -1.16. The maximum atomic E-state index is 10.5. The van der Waals surface area contributed by atoms with Gasteiger partial charge in [0.2, 0.25) is 0 Å². The van der Waals surface area contributed by atoms with Crippen molar-refractivity contribution in [3.8, 4) is 0 Å². The van der Waals surface area contributed by atoms with Crippen LogP contribution in [0.3, 0.4) is 0 Å². The quantitative estimate of drug-likeness (QED) is 0.403. The van der Waals surface area contributed by atoms with Crippen LogP contribution in [0, 0.1) is 11.8 Å². The van der Waals surface area contributed by atoms with Gasteiger partial charge in [-0.3, -0.25) is 4.52 Å². The number of hydrogen-bond donors (Lipinski definition) is 5. The average Bonchev–Trinajstić information content (AvgIpc) is 2.17. The van der Waals surface area contributed by atoms with Gasteiger partial charge < -0.3 is 25.1 Å². The lowest BCUT2D eigenvalue weighted by molar-refractivity contribution is -0.126. The monoisotopic (exact) mass is 256 g/mol. The van der Waals surface area contributed by atoms with Gasteiger partial charge in [-0.15, -0.1) is 0 Å².